The van der Waals surface area contributed by atoms with Crippen molar-refractivity contribution in [1.29, 1.82) is 0 Å². The summed E-state index contributed by atoms with van der Waals surface area (Å²) in [4.78, 5) is 4.99. The van der Waals surface area contributed by atoms with E-state index in [-0.39, 0.29) is 0 Å². The minimum Gasteiger partial charge on any atom is -0.489 e. The van der Waals surface area contributed by atoms with Crippen LogP contribution in [-0.4, -0.2) is 57.3 Å². The van der Waals surface area contributed by atoms with E-state index < -0.39 is 0 Å². The number of rotatable bonds is 8. The van der Waals surface area contributed by atoms with Crippen molar-refractivity contribution in [1.82, 2.24) is 10.2 Å². The first-order valence-corrected chi connectivity index (χ1v) is 9.03. The second-order valence-electron chi connectivity index (χ2n) is 6.57. The highest BCUT2D eigenvalue weighted by molar-refractivity contribution is 5.65. The first-order valence-electron chi connectivity index (χ1n) is 9.03. The van der Waals surface area contributed by atoms with Crippen LogP contribution in [0.25, 0.3) is 0 Å². The Kier molecular flexibility index (Phi) is 6.00. The highest BCUT2D eigenvalue weighted by Crippen LogP contribution is 2.33. The van der Waals surface area contributed by atoms with Gasteiger partial charge in [0.2, 0.25) is 0 Å². The molecule has 0 bridgehead atoms. The normalized spacial score (nSPS) is 18.0. The zero-order chi connectivity index (χ0) is 15.9. The molecular weight excluding hydrogens is 288 g/mol. The van der Waals surface area contributed by atoms with E-state index in [1.807, 2.05) is 12.1 Å². The molecule has 0 aliphatic carbocycles. The molecule has 2 heterocycles. The van der Waals surface area contributed by atoms with Crippen LogP contribution in [0.3, 0.4) is 0 Å². The van der Waals surface area contributed by atoms with Gasteiger partial charge in [-0.15, -0.1) is 0 Å². The van der Waals surface area contributed by atoms with Gasteiger partial charge in [0, 0.05) is 18.3 Å². The van der Waals surface area contributed by atoms with E-state index in [2.05, 4.69) is 21.2 Å². The molecule has 3 N–H and O–H groups in total. The van der Waals surface area contributed by atoms with Gasteiger partial charge < -0.3 is 25.6 Å². The van der Waals surface area contributed by atoms with E-state index >= 15 is 0 Å². The third-order valence-corrected chi connectivity index (χ3v) is 4.75. The molecular formula is C18H30N4O. The lowest BCUT2D eigenvalue weighted by Gasteiger charge is -2.31. The van der Waals surface area contributed by atoms with Crippen LogP contribution in [0.5, 0.6) is 5.75 Å². The average Bonchev–Trinajstić information content (AvgIpc) is 3.07. The summed E-state index contributed by atoms with van der Waals surface area (Å²) in [5.41, 5.74) is 7.78. The van der Waals surface area contributed by atoms with Crippen molar-refractivity contribution in [3.63, 3.8) is 0 Å². The summed E-state index contributed by atoms with van der Waals surface area (Å²) in [6, 6.07) is 5.96. The Morgan fingerprint density at radius 2 is 1.83 bits per heavy atom. The minimum absolute atomic E-state index is 0.750. The summed E-state index contributed by atoms with van der Waals surface area (Å²) in [6.45, 7) is 8.87. The van der Waals surface area contributed by atoms with Crippen LogP contribution in [0.4, 0.5) is 11.4 Å². The number of fused-ring (bicyclic) bond motifs is 1. The molecule has 0 spiro atoms. The molecule has 1 aromatic carbocycles. The standard InChI is InChI=1S/C18H30N4O/c19-16-5-6-17-18(15-16)23-14-13-22(17)12-4-8-20-7-3-11-21-9-1-2-10-21/h5-6,15,20H,1-4,7-14,19H2. The average molecular weight is 318 g/mol. The van der Waals surface area contributed by atoms with Crippen LogP contribution in [0.2, 0.25) is 0 Å². The van der Waals surface area contributed by atoms with E-state index in [1.54, 1.807) is 0 Å². The number of hydrogen-bond donors (Lipinski definition) is 2. The zero-order valence-electron chi connectivity index (χ0n) is 14.1. The highest BCUT2D eigenvalue weighted by atomic mass is 16.5. The number of ether oxygens (including phenoxy) is 1. The number of anilines is 2. The predicted molar refractivity (Wildman–Crippen MR) is 96.3 cm³/mol. The van der Waals surface area contributed by atoms with Crippen molar-refractivity contribution in [3.05, 3.63) is 18.2 Å². The summed E-state index contributed by atoms with van der Waals surface area (Å²) in [7, 11) is 0. The molecule has 0 unspecified atom stereocenters. The second kappa shape index (κ2) is 8.41. The summed E-state index contributed by atoms with van der Waals surface area (Å²) in [6.07, 6.45) is 5.20. The predicted octanol–water partition coefficient (Wildman–Crippen LogP) is 1.93. The van der Waals surface area contributed by atoms with Crippen molar-refractivity contribution in [2.75, 3.05) is 63.1 Å². The number of nitrogens with zero attached hydrogens (tertiary/aromatic N) is 2. The van der Waals surface area contributed by atoms with E-state index in [4.69, 9.17) is 10.5 Å². The van der Waals surface area contributed by atoms with Crippen LogP contribution >= 0.6 is 0 Å². The van der Waals surface area contributed by atoms with Crippen LogP contribution in [0.1, 0.15) is 25.7 Å². The lowest BCUT2D eigenvalue weighted by molar-refractivity contribution is 0.307. The van der Waals surface area contributed by atoms with Crippen LogP contribution in [0, 0.1) is 0 Å². The van der Waals surface area contributed by atoms with Gasteiger partial charge in [0.1, 0.15) is 12.4 Å². The molecule has 3 rings (SSSR count). The summed E-state index contributed by atoms with van der Waals surface area (Å²) in [5, 5.41) is 3.58. The van der Waals surface area contributed by atoms with Gasteiger partial charge in [0.25, 0.3) is 0 Å². The summed E-state index contributed by atoms with van der Waals surface area (Å²) >= 11 is 0. The van der Waals surface area contributed by atoms with Crippen molar-refractivity contribution >= 4 is 11.4 Å². The SMILES string of the molecule is Nc1ccc2c(c1)OCCN2CCCNCCCN1CCCC1. The first-order chi connectivity index (χ1) is 11.3. The van der Waals surface area contributed by atoms with Gasteiger partial charge in [-0.1, -0.05) is 0 Å². The lowest BCUT2D eigenvalue weighted by atomic mass is 10.2. The third kappa shape index (κ3) is 4.75. The number of benzene rings is 1. The van der Waals surface area contributed by atoms with Gasteiger partial charge in [0.15, 0.2) is 0 Å². The molecule has 0 radical (unpaired) electrons. The highest BCUT2D eigenvalue weighted by Gasteiger charge is 2.17. The van der Waals surface area contributed by atoms with Gasteiger partial charge in [-0.3, -0.25) is 0 Å². The van der Waals surface area contributed by atoms with E-state index in [0.29, 0.717) is 0 Å². The van der Waals surface area contributed by atoms with Crippen LogP contribution in [0.15, 0.2) is 18.2 Å². The number of nitrogen functional groups attached to an aromatic ring is 1. The van der Waals surface area contributed by atoms with Gasteiger partial charge >= 0.3 is 0 Å². The van der Waals surface area contributed by atoms with Crippen LogP contribution < -0.4 is 20.7 Å². The molecule has 1 saturated heterocycles. The number of nitrogens with one attached hydrogen (secondary N) is 1. The molecule has 0 atom stereocenters. The lowest BCUT2D eigenvalue weighted by Crippen LogP contribution is -2.35. The molecule has 5 nitrogen and oxygen atoms in total. The molecule has 1 aromatic rings. The van der Waals surface area contributed by atoms with E-state index in [0.717, 1.165) is 50.6 Å². The molecule has 128 valence electrons. The summed E-state index contributed by atoms with van der Waals surface area (Å²) < 4.78 is 5.70. The quantitative estimate of drug-likeness (QED) is 0.567. The number of nitrogens with two attached hydrogens (primary N) is 1. The topological polar surface area (TPSA) is 53.8 Å². The molecule has 2 aliphatic heterocycles. The van der Waals surface area contributed by atoms with E-state index in [9.17, 15) is 0 Å². The second-order valence-corrected chi connectivity index (χ2v) is 6.57. The number of likely N-dealkylation sites (tertiary alicyclic amines) is 1. The maximum absolute atomic E-state index is 5.83. The molecule has 2 aliphatic rings. The fourth-order valence-electron chi connectivity index (χ4n) is 3.48. The monoisotopic (exact) mass is 318 g/mol. The third-order valence-electron chi connectivity index (χ3n) is 4.75. The van der Waals surface area contributed by atoms with Crippen molar-refractivity contribution in [2.24, 2.45) is 0 Å². The summed E-state index contributed by atoms with van der Waals surface area (Å²) in [5.74, 6) is 0.926. The molecule has 0 amide bonds. The Labute approximate surface area is 139 Å². The van der Waals surface area contributed by atoms with Crippen molar-refractivity contribution in [3.8, 4) is 5.75 Å². The Morgan fingerprint density at radius 3 is 2.65 bits per heavy atom. The Balaban J connectivity index is 1.30. The largest absolute Gasteiger partial charge is 0.489 e. The molecule has 0 saturated carbocycles. The zero-order valence-corrected chi connectivity index (χ0v) is 14.1. The first kappa shape index (κ1) is 16.4. The number of hydrogen-bond acceptors (Lipinski definition) is 5. The Hall–Kier alpha value is -1.46. The van der Waals surface area contributed by atoms with E-state index in [1.165, 1.54) is 44.6 Å². The van der Waals surface area contributed by atoms with Gasteiger partial charge in [0.05, 0.1) is 12.2 Å². The molecule has 5 heteroatoms. The van der Waals surface area contributed by atoms with Crippen molar-refractivity contribution in [2.45, 2.75) is 25.7 Å². The van der Waals surface area contributed by atoms with Gasteiger partial charge in [-0.2, -0.15) is 0 Å². The van der Waals surface area contributed by atoms with Crippen LogP contribution in [-0.2, 0) is 0 Å². The molecule has 23 heavy (non-hydrogen) atoms. The molecule has 0 aromatic heterocycles. The Morgan fingerprint density at radius 1 is 1.04 bits per heavy atom. The van der Waals surface area contributed by atoms with Gasteiger partial charge in [-0.05, 0) is 70.5 Å². The Bertz CT molecular complexity index is 488. The fraction of sp³-hybridized carbons (Fsp3) is 0.667. The maximum atomic E-state index is 5.83. The minimum atomic E-state index is 0.750. The van der Waals surface area contributed by atoms with Crippen molar-refractivity contribution < 1.29 is 4.74 Å². The molecule has 1 fully saturated rings. The van der Waals surface area contributed by atoms with Gasteiger partial charge in [-0.25, -0.2) is 0 Å². The fourth-order valence-corrected chi connectivity index (χ4v) is 3.48. The smallest absolute Gasteiger partial charge is 0.144 e. The maximum Gasteiger partial charge on any atom is 0.144 e.